The summed E-state index contributed by atoms with van der Waals surface area (Å²) >= 11 is 0. The molecule has 0 heterocycles. The summed E-state index contributed by atoms with van der Waals surface area (Å²) in [4.78, 5) is 24.6. The molecule has 0 N–H and O–H groups in total. The number of hydrogen-bond donors (Lipinski definition) is 0. The van der Waals surface area contributed by atoms with Gasteiger partial charge < -0.3 is 4.74 Å². The molecule has 0 amide bonds. The van der Waals surface area contributed by atoms with Crippen LogP contribution in [0.25, 0.3) is 0 Å². The monoisotopic (exact) mass is 233 g/mol. The Morgan fingerprint density at radius 2 is 2.24 bits per heavy atom. The molecule has 0 radical (unpaired) electrons. The van der Waals surface area contributed by atoms with Crippen LogP contribution in [0.1, 0.15) is 26.2 Å². The molecule has 0 saturated carbocycles. The normalized spacial score (nSPS) is 18.3. The lowest BCUT2D eigenvalue weighted by atomic mass is 10.0. The van der Waals surface area contributed by atoms with Crippen LogP contribution in [0.3, 0.4) is 0 Å². The molecule has 0 aromatic carbocycles. The topological polar surface area (TPSA) is 55.7 Å². The van der Waals surface area contributed by atoms with Gasteiger partial charge in [-0.05, 0) is 18.6 Å². The minimum Gasteiger partial charge on any atom is -0.366 e. The van der Waals surface area contributed by atoms with Crippen molar-refractivity contribution in [3.05, 3.63) is 29.5 Å². The van der Waals surface area contributed by atoms with E-state index >= 15 is 0 Å². The molecule has 0 bridgehead atoms. The van der Waals surface area contributed by atoms with Gasteiger partial charge in [-0.15, -0.1) is 0 Å². The summed E-state index contributed by atoms with van der Waals surface area (Å²) in [6, 6.07) is 0. The minimum atomic E-state index is -0.587. The molecule has 0 spiro atoms. The molecule has 0 saturated heterocycles. The summed E-state index contributed by atoms with van der Waals surface area (Å²) in [6.45, 7) is 2.63. The summed E-state index contributed by atoms with van der Waals surface area (Å²) in [5.74, 6) is 1.81. The molecule has 4 heteroatoms. The predicted molar refractivity (Wildman–Crippen MR) is 63.8 cm³/mol. The van der Waals surface area contributed by atoms with Crippen molar-refractivity contribution in [2.75, 3.05) is 6.61 Å². The molecule has 90 valence electrons. The van der Waals surface area contributed by atoms with Crippen LogP contribution in [0.5, 0.6) is 0 Å². The summed E-state index contributed by atoms with van der Waals surface area (Å²) in [5, 5.41) is 0. The Morgan fingerprint density at radius 3 is 2.88 bits per heavy atom. The van der Waals surface area contributed by atoms with Gasteiger partial charge in [0.05, 0.1) is 11.3 Å². The maximum absolute atomic E-state index is 10.7. The summed E-state index contributed by atoms with van der Waals surface area (Å²) in [7, 11) is 0. The zero-order chi connectivity index (χ0) is 12.5. The summed E-state index contributed by atoms with van der Waals surface area (Å²) in [6.07, 6.45) is 8.85. The maximum atomic E-state index is 10.7. The molecule has 0 aromatic rings. The largest absolute Gasteiger partial charge is 0.366 e. The first-order valence-corrected chi connectivity index (χ1v) is 5.66. The van der Waals surface area contributed by atoms with Gasteiger partial charge in [-0.2, -0.15) is 4.99 Å². The van der Waals surface area contributed by atoms with Crippen LogP contribution >= 0.6 is 0 Å². The van der Waals surface area contributed by atoms with E-state index in [0.717, 1.165) is 19.3 Å². The number of unbranched alkanes of at least 4 members (excludes halogenated alkanes) is 2. The molecular weight excluding hydrogens is 218 g/mol. The highest BCUT2D eigenvalue weighted by Gasteiger charge is 2.21. The molecule has 0 fully saturated rings. The van der Waals surface area contributed by atoms with E-state index in [1.807, 2.05) is 5.94 Å². The summed E-state index contributed by atoms with van der Waals surface area (Å²) in [5.41, 5.74) is 0.760. The Balaban J connectivity index is 2.69. The Hall–Kier alpha value is -1.73. The number of nitrogens with zero attached hydrogens (tertiary/aromatic N) is 1. The van der Waals surface area contributed by atoms with Crippen molar-refractivity contribution in [3.63, 3.8) is 0 Å². The molecule has 1 aliphatic carbocycles. The second-order valence-corrected chi connectivity index (χ2v) is 3.67. The Kier molecular flexibility index (Phi) is 5.91. The molecule has 1 atom stereocenters. The van der Waals surface area contributed by atoms with Crippen LogP contribution < -0.4 is 0 Å². The van der Waals surface area contributed by atoms with Gasteiger partial charge in [-0.25, -0.2) is 9.59 Å². The smallest absolute Gasteiger partial charge is 0.240 e. The van der Waals surface area contributed by atoms with E-state index in [2.05, 4.69) is 11.9 Å². The Labute approximate surface area is 100 Å². The molecule has 17 heavy (non-hydrogen) atoms. The van der Waals surface area contributed by atoms with Crippen molar-refractivity contribution in [1.29, 1.82) is 0 Å². The van der Waals surface area contributed by atoms with Gasteiger partial charge in [0, 0.05) is 6.61 Å². The number of rotatable bonds is 6. The number of carbonyl (C=O) groups excluding carboxylic acids is 2. The van der Waals surface area contributed by atoms with E-state index in [-0.39, 0.29) is 0 Å². The van der Waals surface area contributed by atoms with Gasteiger partial charge in [0.15, 0.2) is 0 Å². The number of ether oxygens (including phenoxy) is 1. The summed E-state index contributed by atoms with van der Waals surface area (Å²) < 4.78 is 5.56. The Morgan fingerprint density at radius 1 is 1.41 bits per heavy atom. The standard InChI is InChI=1S/C13H15NO3/c1-2-3-4-8-17-13-11(9-15)6-5-7-12(13)14-10-16/h5-7,13H,2-4,8H2,1H3. The molecule has 0 aromatic heterocycles. The first-order valence-electron chi connectivity index (χ1n) is 5.66. The van der Waals surface area contributed by atoms with Crippen molar-refractivity contribution in [3.8, 4) is 0 Å². The highest BCUT2D eigenvalue weighted by Crippen LogP contribution is 2.21. The fraction of sp³-hybridized carbons (Fsp3) is 0.462. The van der Waals surface area contributed by atoms with Crippen LogP contribution in [0.4, 0.5) is 0 Å². The van der Waals surface area contributed by atoms with Gasteiger partial charge in [0.25, 0.3) is 0 Å². The zero-order valence-electron chi connectivity index (χ0n) is 9.81. The van der Waals surface area contributed by atoms with Gasteiger partial charge in [0.2, 0.25) is 6.08 Å². The lowest BCUT2D eigenvalue weighted by Crippen LogP contribution is -2.20. The second kappa shape index (κ2) is 7.53. The number of allylic oxidation sites excluding steroid dienone is 2. The molecule has 1 aliphatic rings. The first kappa shape index (κ1) is 13.3. The fourth-order valence-electron chi connectivity index (χ4n) is 1.55. The van der Waals surface area contributed by atoms with Crippen LogP contribution in [-0.2, 0) is 14.3 Å². The van der Waals surface area contributed by atoms with Crippen LogP contribution in [-0.4, -0.2) is 24.7 Å². The minimum absolute atomic E-state index is 0.359. The van der Waals surface area contributed by atoms with E-state index in [0.29, 0.717) is 17.9 Å². The van der Waals surface area contributed by atoms with E-state index < -0.39 is 6.10 Å². The highest BCUT2D eigenvalue weighted by atomic mass is 16.5. The molecular formula is C13H15NO3. The highest BCUT2D eigenvalue weighted by molar-refractivity contribution is 5.63. The van der Waals surface area contributed by atoms with Crippen LogP contribution in [0, 0.1) is 0 Å². The number of hydrogen-bond acceptors (Lipinski definition) is 4. The van der Waals surface area contributed by atoms with Gasteiger partial charge >= 0.3 is 0 Å². The van der Waals surface area contributed by atoms with Crippen molar-refractivity contribution in [1.82, 2.24) is 0 Å². The molecule has 4 nitrogen and oxygen atoms in total. The molecule has 1 unspecified atom stereocenters. The van der Waals surface area contributed by atoms with E-state index in [1.54, 1.807) is 18.2 Å². The Bertz CT molecular complexity index is 410. The van der Waals surface area contributed by atoms with Crippen LogP contribution in [0.15, 0.2) is 34.5 Å². The average Bonchev–Trinajstić information content (AvgIpc) is 2.36. The quantitative estimate of drug-likeness (QED) is 0.305. The van der Waals surface area contributed by atoms with E-state index in [4.69, 9.17) is 4.74 Å². The second-order valence-electron chi connectivity index (χ2n) is 3.67. The lowest BCUT2D eigenvalue weighted by Gasteiger charge is -2.18. The third kappa shape index (κ3) is 3.97. The van der Waals surface area contributed by atoms with Crippen LogP contribution in [0.2, 0.25) is 0 Å². The van der Waals surface area contributed by atoms with E-state index in [9.17, 15) is 9.59 Å². The van der Waals surface area contributed by atoms with Gasteiger partial charge in [-0.3, -0.25) is 0 Å². The first-order chi connectivity index (χ1) is 8.33. The average molecular weight is 233 g/mol. The third-order valence-corrected chi connectivity index (χ3v) is 2.42. The van der Waals surface area contributed by atoms with Crippen molar-refractivity contribution in [2.45, 2.75) is 32.3 Å². The lowest BCUT2D eigenvalue weighted by molar-refractivity contribution is 0.0986. The SMILES string of the molecule is CCCCCOC1C(=C=O)C=CC=C1N=C=O. The van der Waals surface area contributed by atoms with E-state index in [1.165, 1.54) is 6.08 Å². The molecule has 1 rings (SSSR count). The maximum Gasteiger partial charge on any atom is 0.240 e. The van der Waals surface area contributed by atoms with Crippen molar-refractivity contribution < 1.29 is 14.3 Å². The third-order valence-electron chi connectivity index (χ3n) is 2.42. The molecule has 0 aliphatic heterocycles. The number of aliphatic imine (C=N–C) groups is 1. The van der Waals surface area contributed by atoms with Crippen molar-refractivity contribution in [2.24, 2.45) is 4.99 Å². The zero-order valence-corrected chi connectivity index (χ0v) is 9.81. The van der Waals surface area contributed by atoms with Gasteiger partial charge in [-0.1, -0.05) is 25.8 Å². The fourth-order valence-corrected chi connectivity index (χ4v) is 1.55. The van der Waals surface area contributed by atoms with Crippen molar-refractivity contribution >= 4 is 12.0 Å². The van der Waals surface area contributed by atoms with Gasteiger partial charge in [0.1, 0.15) is 12.0 Å². The number of isocyanates is 1. The predicted octanol–water partition coefficient (Wildman–Crippen LogP) is 2.11.